The summed E-state index contributed by atoms with van der Waals surface area (Å²) in [5, 5.41) is 9.72. The highest BCUT2D eigenvalue weighted by Gasteiger charge is 2.76. The SMILES string of the molecule is CCC1C2=CC1C1C(C3CCC(O)CC3)CC13CC23. The monoisotopic (exact) mass is 258 g/mol. The first-order valence-electron chi connectivity index (χ1n) is 8.64. The second-order valence-corrected chi connectivity index (χ2v) is 8.21. The molecule has 0 aromatic rings. The van der Waals surface area contributed by atoms with Crippen LogP contribution >= 0.6 is 0 Å². The van der Waals surface area contributed by atoms with Crippen LogP contribution in [0.25, 0.3) is 0 Å². The summed E-state index contributed by atoms with van der Waals surface area (Å²) in [6.45, 7) is 2.39. The van der Waals surface area contributed by atoms with Crippen LogP contribution in [0.15, 0.2) is 11.6 Å². The Kier molecular flexibility index (Phi) is 2.08. The summed E-state index contributed by atoms with van der Waals surface area (Å²) in [5.74, 6) is 5.99. The first kappa shape index (κ1) is 11.4. The number of hydrogen-bond acceptors (Lipinski definition) is 1. The van der Waals surface area contributed by atoms with Gasteiger partial charge in [0.05, 0.1) is 6.10 Å². The van der Waals surface area contributed by atoms with Crippen molar-refractivity contribution in [3.8, 4) is 0 Å². The van der Waals surface area contributed by atoms with Crippen LogP contribution < -0.4 is 0 Å². The van der Waals surface area contributed by atoms with Gasteiger partial charge in [0.1, 0.15) is 0 Å². The lowest BCUT2D eigenvalue weighted by Crippen LogP contribution is -2.56. The molecule has 1 N–H and O–H groups in total. The van der Waals surface area contributed by atoms with Crippen LogP contribution in [-0.4, -0.2) is 11.2 Å². The molecule has 6 unspecified atom stereocenters. The molecule has 6 atom stereocenters. The standard InChI is InChI=1S/C18H26O/c1-2-12-13-7-14(12)17-15(8-18(17)9-16(13)18)10-3-5-11(19)6-4-10/h7,10-12,14-17,19H,2-6,8-9H2,1H3. The largest absolute Gasteiger partial charge is 0.393 e. The Morgan fingerprint density at radius 2 is 2.00 bits per heavy atom. The fourth-order valence-electron chi connectivity index (χ4n) is 6.79. The van der Waals surface area contributed by atoms with Gasteiger partial charge in [-0.05, 0) is 85.9 Å². The highest BCUT2D eigenvalue weighted by atomic mass is 16.3. The molecule has 104 valence electrons. The minimum Gasteiger partial charge on any atom is -0.393 e. The Bertz CT molecular complexity index is 445. The second kappa shape index (κ2) is 3.47. The Hall–Kier alpha value is -0.300. The van der Waals surface area contributed by atoms with Gasteiger partial charge in [0.15, 0.2) is 0 Å². The van der Waals surface area contributed by atoms with Gasteiger partial charge in [0.25, 0.3) is 0 Å². The van der Waals surface area contributed by atoms with Crippen LogP contribution in [0.1, 0.15) is 51.9 Å². The van der Waals surface area contributed by atoms with E-state index >= 15 is 0 Å². The summed E-state index contributed by atoms with van der Waals surface area (Å²) in [6, 6.07) is 0. The Balaban J connectivity index is 1.37. The molecule has 1 spiro atoms. The maximum atomic E-state index is 9.72. The minimum absolute atomic E-state index is 0.0175. The topological polar surface area (TPSA) is 20.2 Å². The smallest absolute Gasteiger partial charge is 0.0540 e. The molecule has 19 heavy (non-hydrogen) atoms. The lowest BCUT2D eigenvalue weighted by atomic mass is 9.42. The summed E-state index contributed by atoms with van der Waals surface area (Å²) in [5.41, 5.74) is 2.70. The number of aliphatic hydroxyl groups excluding tert-OH is 1. The first-order chi connectivity index (χ1) is 9.24. The zero-order chi connectivity index (χ0) is 12.8. The predicted octanol–water partition coefficient (Wildman–Crippen LogP) is 3.78. The summed E-state index contributed by atoms with van der Waals surface area (Å²) < 4.78 is 0. The van der Waals surface area contributed by atoms with Crippen molar-refractivity contribution in [3.05, 3.63) is 11.6 Å². The van der Waals surface area contributed by atoms with Gasteiger partial charge < -0.3 is 5.11 Å². The van der Waals surface area contributed by atoms with E-state index in [-0.39, 0.29) is 6.10 Å². The Morgan fingerprint density at radius 1 is 1.21 bits per heavy atom. The molecule has 0 radical (unpaired) electrons. The Labute approximate surface area is 116 Å². The molecule has 4 fully saturated rings. The van der Waals surface area contributed by atoms with Crippen LogP contribution in [0.2, 0.25) is 0 Å². The molecule has 1 heteroatoms. The van der Waals surface area contributed by atoms with Crippen LogP contribution in [-0.2, 0) is 0 Å². The van der Waals surface area contributed by atoms with Gasteiger partial charge in [0, 0.05) is 0 Å². The normalized spacial score (nSPS) is 61.2. The van der Waals surface area contributed by atoms with E-state index in [1.54, 1.807) is 12.8 Å². The lowest BCUT2D eigenvalue weighted by molar-refractivity contribution is -0.0883. The van der Waals surface area contributed by atoms with Crippen molar-refractivity contribution in [2.24, 2.45) is 40.9 Å². The molecule has 0 amide bonds. The number of rotatable bonds is 2. The van der Waals surface area contributed by atoms with Crippen molar-refractivity contribution in [2.45, 2.75) is 58.0 Å². The van der Waals surface area contributed by atoms with Gasteiger partial charge in [-0.2, -0.15) is 0 Å². The average molecular weight is 258 g/mol. The van der Waals surface area contributed by atoms with Gasteiger partial charge in [-0.3, -0.25) is 0 Å². The number of allylic oxidation sites excluding steroid dienone is 2. The summed E-state index contributed by atoms with van der Waals surface area (Å²) >= 11 is 0. The van der Waals surface area contributed by atoms with E-state index in [0.717, 1.165) is 53.8 Å². The van der Waals surface area contributed by atoms with Crippen molar-refractivity contribution in [2.75, 3.05) is 0 Å². The molecule has 0 aromatic carbocycles. The van der Waals surface area contributed by atoms with Crippen molar-refractivity contribution in [1.29, 1.82) is 0 Å². The van der Waals surface area contributed by atoms with Crippen LogP contribution in [0.4, 0.5) is 0 Å². The number of aliphatic hydroxyl groups is 1. The third-order valence-electron chi connectivity index (χ3n) is 7.74. The zero-order valence-corrected chi connectivity index (χ0v) is 12.0. The highest BCUT2D eigenvalue weighted by Crippen LogP contribution is 2.83. The molecule has 2 bridgehead atoms. The summed E-state index contributed by atoms with van der Waals surface area (Å²) in [4.78, 5) is 0. The minimum atomic E-state index is 0.0175. The van der Waals surface area contributed by atoms with E-state index < -0.39 is 0 Å². The molecule has 0 heterocycles. The molecule has 0 aliphatic heterocycles. The van der Waals surface area contributed by atoms with E-state index in [4.69, 9.17) is 0 Å². The van der Waals surface area contributed by atoms with E-state index in [0.29, 0.717) is 0 Å². The maximum Gasteiger partial charge on any atom is 0.0540 e. The molecular weight excluding hydrogens is 232 g/mol. The van der Waals surface area contributed by atoms with Gasteiger partial charge in [0.2, 0.25) is 0 Å². The molecular formula is C18H26O. The molecule has 6 aliphatic rings. The second-order valence-electron chi connectivity index (χ2n) is 8.21. The highest BCUT2D eigenvalue weighted by molar-refractivity contribution is 5.43. The van der Waals surface area contributed by atoms with Crippen LogP contribution in [0.3, 0.4) is 0 Å². The molecule has 0 saturated heterocycles. The maximum absolute atomic E-state index is 9.72. The lowest BCUT2D eigenvalue weighted by Gasteiger charge is -2.62. The summed E-state index contributed by atoms with van der Waals surface area (Å²) in [7, 11) is 0. The molecule has 6 rings (SSSR count). The van der Waals surface area contributed by atoms with Crippen molar-refractivity contribution in [1.82, 2.24) is 0 Å². The Morgan fingerprint density at radius 3 is 2.74 bits per heavy atom. The van der Waals surface area contributed by atoms with Gasteiger partial charge in [-0.1, -0.05) is 18.6 Å². The fourth-order valence-corrected chi connectivity index (χ4v) is 6.79. The average Bonchev–Trinajstić information content (AvgIpc) is 3.11. The van der Waals surface area contributed by atoms with E-state index in [1.807, 2.05) is 5.57 Å². The van der Waals surface area contributed by atoms with Gasteiger partial charge >= 0.3 is 0 Å². The fraction of sp³-hybridized carbons (Fsp3) is 0.889. The van der Waals surface area contributed by atoms with Crippen molar-refractivity contribution >= 4 is 0 Å². The molecule has 0 aromatic heterocycles. The molecule has 6 aliphatic carbocycles. The third kappa shape index (κ3) is 1.22. The van der Waals surface area contributed by atoms with Crippen molar-refractivity contribution in [3.63, 3.8) is 0 Å². The van der Waals surface area contributed by atoms with Gasteiger partial charge in [-0.25, -0.2) is 0 Å². The van der Waals surface area contributed by atoms with Crippen LogP contribution in [0.5, 0.6) is 0 Å². The van der Waals surface area contributed by atoms with E-state index in [9.17, 15) is 5.11 Å². The van der Waals surface area contributed by atoms with E-state index in [1.165, 1.54) is 19.3 Å². The number of hydrogen-bond donors (Lipinski definition) is 1. The van der Waals surface area contributed by atoms with E-state index in [2.05, 4.69) is 13.0 Å². The quantitative estimate of drug-likeness (QED) is 0.747. The summed E-state index contributed by atoms with van der Waals surface area (Å²) in [6.07, 6.45) is 11.9. The van der Waals surface area contributed by atoms with Crippen LogP contribution in [0, 0.1) is 40.9 Å². The van der Waals surface area contributed by atoms with Crippen molar-refractivity contribution < 1.29 is 5.11 Å². The predicted molar refractivity (Wildman–Crippen MR) is 75.5 cm³/mol. The first-order valence-corrected chi connectivity index (χ1v) is 8.64. The van der Waals surface area contributed by atoms with Gasteiger partial charge in [-0.15, -0.1) is 0 Å². The zero-order valence-electron chi connectivity index (χ0n) is 12.0. The molecule has 1 nitrogen and oxygen atoms in total. The third-order valence-corrected chi connectivity index (χ3v) is 7.74. The molecule has 4 saturated carbocycles.